The molecule has 0 fully saturated rings. The first-order valence-corrected chi connectivity index (χ1v) is 7.13. The molecule has 1 rings (SSSR count). The van der Waals surface area contributed by atoms with E-state index in [9.17, 15) is 5.11 Å². The molecule has 96 valence electrons. The van der Waals surface area contributed by atoms with Gasteiger partial charge in [-0.2, -0.15) is 0 Å². The summed E-state index contributed by atoms with van der Waals surface area (Å²) in [5, 5.41) is 13.2. The molecule has 3 nitrogen and oxygen atoms in total. The normalized spacial score (nSPS) is 12.8. The van der Waals surface area contributed by atoms with Crippen molar-refractivity contribution < 1.29 is 5.11 Å². The molecule has 4 heteroatoms. The SMILES string of the molecule is CCN(CC)CC(O)CNc1cccc(I)c1. The summed E-state index contributed by atoms with van der Waals surface area (Å²) in [6.07, 6.45) is -0.326. The molecule has 1 aromatic carbocycles. The molecule has 0 radical (unpaired) electrons. The van der Waals surface area contributed by atoms with Gasteiger partial charge in [-0.25, -0.2) is 0 Å². The predicted molar refractivity (Wildman–Crippen MR) is 81.4 cm³/mol. The zero-order chi connectivity index (χ0) is 12.7. The topological polar surface area (TPSA) is 35.5 Å². The molecule has 1 atom stereocenters. The van der Waals surface area contributed by atoms with E-state index in [1.165, 1.54) is 3.57 Å². The van der Waals surface area contributed by atoms with Crippen LogP contribution in [-0.2, 0) is 0 Å². The Labute approximate surface area is 117 Å². The molecular weight excluding hydrogens is 327 g/mol. The van der Waals surface area contributed by atoms with Crippen LogP contribution in [0.4, 0.5) is 5.69 Å². The molecule has 0 spiro atoms. The number of nitrogens with zero attached hydrogens (tertiary/aromatic N) is 1. The van der Waals surface area contributed by atoms with Gasteiger partial charge in [0, 0.05) is 22.3 Å². The summed E-state index contributed by atoms with van der Waals surface area (Å²) in [5.74, 6) is 0. The van der Waals surface area contributed by atoms with Crippen LogP contribution in [0, 0.1) is 3.57 Å². The van der Waals surface area contributed by atoms with E-state index in [2.05, 4.69) is 58.8 Å². The van der Waals surface area contributed by atoms with Crippen molar-refractivity contribution in [2.45, 2.75) is 20.0 Å². The number of aliphatic hydroxyl groups excluding tert-OH is 1. The molecule has 0 amide bonds. The third kappa shape index (κ3) is 5.70. The maximum Gasteiger partial charge on any atom is 0.0839 e. The lowest BCUT2D eigenvalue weighted by Gasteiger charge is -2.22. The van der Waals surface area contributed by atoms with E-state index in [0.29, 0.717) is 6.54 Å². The summed E-state index contributed by atoms with van der Waals surface area (Å²) in [6, 6.07) is 8.16. The second-order valence-electron chi connectivity index (χ2n) is 4.03. The minimum absolute atomic E-state index is 0.326. The second-order valence-corrected chi connectivity index (χ2v) is 5.28. The molecule has 2 N–H and O–H groups in total. The summed E-state index contributed by atoms with van der Waals surface area (Å²) in [4.78, 5) is 2.22. The minimum Gasteiger partial charge on any atom is -0.390 e. The van der Waals surface area contributed by atoms with Crippen LogP contribution in [0.25, 0.3) is 0 Å². The molecule has 1 aromatic rings. The number of halogens is 1. The molecule has 0 aliphatic carbocycles. The van der Waals surface area contributed by atoms with E-state index in [-0.39, 0.29) is 6.10 Å². The highest BCUT2D eigenvalue weighted by Gasteiger charge is 2.08. The molecule has 0 aliphatic heterocycles. The van der Waals surface area contributed by atoms with Crippen molar-refractivity contribution in [1.29, 1.82) is 0 Å². The van der Waals surface area contributed by atoms with Crippen molar-refractivity contribution in [3.8, 4) is 0 Å². The van der Waals surface area contributed by atoms with Gasteiger partial charge in [0.05, 0.1) is 6.10 Å². The molecule has 0 bridgehead atoms. The van der Waals surface area contributed by atoms with Gasteiger partial charge in [0.25, 0.3) is 0 Å². The summed E-state index contributed by atoms with van der Waals surface area (Å²) in [6.45, 7) is 7.51. The Balaban J connectivity index is 2.35. The average molecular weight is 348 g/mol. The Hall–Kier alpha value is -0.330. The first-order valence-electron chi connectivity index (χ1n) is 6.05. The summed E-state index contributed by atoms with van der Waals surface area (Å²) < 4.78 is 1.20. The smallest absolute Gasteiger partial charge is 0.0839 e. The van der Waals surface area contributed by atoms with E-state index >= 15 is 0 Å². The van der Waals surface area contributed by atoms with Crippen molar-refractivity contribution >= 4 is 28.3 Å². The Bertz CT molecular complexity index is 329. The lowest BCUT2D eigenvalue weighted by molar-refractivity contribution is 0.128. The first-order chi connectivity index (χ1) is 8.15. The van der Waals surface area contributed by atoms with Gasteiger partial charge in [0.1, 0.15) is 0 Å². The minimum atomic E-state index is -0.326. The van der Waals surface area contributed by atoms with Gasteiger partial charge in [-0.1, -0.05) is 19.9 Å². The van der Waals surface area contributed by atoms with Gasteiger partial charge in [-0.15, -0.1) is 0 Å². The number of nitrogens with one attached hydrogen (secondary N) is 1. The van der Waals surface area contributed by atoms with Crippen molar-refractivity contribution in [2.75, 3.05) is 31.5 Å². The Kier molecular flexibility index (Phi) is 6.84. The largest absolute Gasteiger partial charge is 0.390 e. The monoisotopic (exact) mass is 348 g/mol. The van der Waals surface area contributed by atoms with Gasteiger partial charge in [0.2, 0.25) is 0 Å². The molecule has 0 aromatic heterocycles. The number of hydrogen-bond acceptors (Lipinski definition) is 3. The summed E-state index contributed by atoms with van der Waals surface area (Å²) >= 11 is 2.28. The zero-order valence-corrected chi connectivity index (χ0v) is 12.6. The average Bonchev–Trinajstić information content (AvgIpc) is 2.33. The van der Waals surface area contributed by atoms with E-state index in [4.69, 9.17) is 0 Å². The van der Waals surface area contributed by atoms with E-state index in [0.717, 1.165) is 25.3 Å². The molecule has 0 aliphatic rings. The van der Waals surface area contributed by atoms with Crippen LogP contribution in [0.1, 0.15) is 13.8 Å². The second kappa shape index (κ2) is 7.89. The van der Waals surface area contributed by atoms with E-state index in [1.807, 2.05) is 12.1 Å². The van der Waals surface area contributed by atoms with Crippen molar-refractivity contribution in [3.63, 3.8) is 0 Å². The van der Waals surface area contributed by atoms with Gasteiger partial charge >= 0.3 is 0 Å². The molecule has 0 saturated carbocycles. The number of rotatable bonds is 7. The molecule has 1 unspecified atom stereocenters. The standard InChI is InChI=1S/C13H21IN2O/c1-3-16(4-2)10-13(17)9-15-12-7-5-6-11(14)8-12/h5-8,13,15,17H,3-4,9-10H2,1-2H3. The highest BCUT2D eigenvalue weighted by Crippen LogP contribution is 2.12. The third-order valence-electron chi connectivity index (χ3n) is 2.73. The number of anilines is 1. The zero-order valence-electron chi connectivity index (χ0n) is 10.5. The van der Waals surface area contributed by atoms with E-state index < -0.39 is 0 Å². The van der Waals surface area contributed by atoms with Crippen molar-refractivity contribution in [3.05, 3.63) is 27.8 Å². The Morgan fingerprint density at radius 3 is 2.65 bits per heavy atom. The van der Waals surface area contributed by atoms with Crippen LogP contribution in [0.15, 0.2) is 24.3 Å². The predicted octanol–water partition coefficient (Wildman–Crippen LogP) is 2.41. The number of benzene rings is 1. The summed E-state index contributed by atoms with van der Waals surface area (Å²) in [7, 11) is 0. The van der Waals surface area contributed by atoms with Crippen molar-refractivity contribution in [1.82, 2.24) is 4.90 Å². The highest BCUT2D eigenvalue weighted by molar-refractivity contribution is 14.1. The molecule has 0 saturated heterocycles. The third-order valence-corrected chi connectivity index (χ3v) is 3.40. The molecular formula is C13H21IN2O. The quantitative estimate of drug-likeness (QED) is 0.743. The number of likely N-dealkylation sites (N-methyl/N-ethyl adjacent to an activating group) is 1. The van der Waals surface area contributed by atoms with Gasteiger partial charge in [0.15, 0.2) is 0 Å². The first kappa shape index (κ1) is 14.7. The lowest BCUT2D eigenvalue weighted by Crippen LogP contribution is -2.35. The number of aliphatic hydroxyl groups is 1. The van der Waals surface area contributed by atoms with Gasteiger partial charge in [-0.3, -0.25) is 0 Å². The fourth-order valence-corrected chi connectivity index (χ4v) is 2.22. The van der Waals surface area contributed by atoms with Crippen LogP contribution >= 0.6 is 22.6 Å². The fourth-order valence-electron chi connectivity index (χ4n) is 1.68. The van der Waals surface area contributed by atoms with Crippen LogP contribution in [0.2, 0.25) is 0 Å². The van der Waals surface area contributed by atoms with Crippen molar-refractivity contribution in [2.24, 2.45) is 0 Å². The molecule has 0 heterocycles. The van der Waals surface area contributed by atoms with Gasteiger partial charge in [-0.05, 0) is 53.9 Å². The lowest BCUT2D eigenvalue weighted by atomic mass is 10.3. The Morgan fingerprint density at radius 1 is 1.35 bits per heavy atom. The van der Waals surface area contributed by atoms with E-state index in [1.54, 1.807) is 0 Å². The summed E-state index contributed by atoms with van der Waals surface area (Å²) in [5.41, 5.74) is 1.07. The Morgan fingerprint density at radius 2 is 2.06 bits per heavy atom. The van der Waals surface area contributed by atoms with Crippen LogP contribution < -0.4 is 5.32 Å². The van der Waals surface area contributed by atoms with Crippen LogP contribution in [0.3, 0.4) is 0 Å². The van der Waals surface area contributed by atoms with Crippen LogP contribution in [-0.4, -0.2) is 42.3 Å². The number of hydrogen-bond donors (Lipinski definition) is 2. The molecule has 17 heavy (non-hydrogen) atoms. The fraction of sp³-hybridized carbons (Fsp3) is 0.538. The van der Waals surface area contributed by atoms with Crippen LogP contribution in [0.5, 0.6) is 0 Å². The maximum absolute atomic E-state index is 9.91. The highest BCUT2D eigenvalue weighted by atomic mass is 127. The maximum atomic E-state index is 9.91. The van der Waals surface area contributed by atoms with Gasteiger partial charge < -0.3 is 15.3 Å².